The Bertz CT molecular complexity index is 1180. The largest absolute Gasteiger partial charge is 0.489 e. The third-order valence-corrected chi connectivity index (χ3v) is 6.91. The average Bonchev–Trinajstić information content (AvgIpc) is 3.51. The lowest BCUT2D eigenvalue weighted by atomic mass is 10.1. The van der Waals surface area contributed by atoms with E-state index in [0.29, 0.717) is 17.9 Å². The minimum Gasteiger partial charge on any atom is -0.489 e. The van der Waals surface area contributed by atoms with Crippen molar-refractivity contribution in [3.63, 3.8) is 0 Å². The van der Waals surface area contributed by atoms with E-state index in [1.807, 2.05) is 61.2 Å². The van der Waals surface area contributed by atoms with Crippen LogP contribution in [0.15, 0.2) is 53.1 Å². The van der Waals surface area contributed by atoms with Gasteiger partial charge in [0, 0.05) is 12.1 Å². The van der Waals surface area contributed by atoms with Crippen molar-refractivity contribution < 1.29 is 14.1 Å². The molecular weight excluding hydrogens is 410 g/mol. The van der Waals surface area contributed by atoms with E-state index in [2.05, 4.69) is 11.2 Å². The van der Waals surface area contributed by atoms with E-state index in [0.717, 1.165) is 51.6 Å². The van der Waals surface area contributed by atoms with Gasteiger partial charge in [-0.05, 0) is 63.1 Å². The number of benzene rings is 2. The number of aromatic nitrogens is 2. The first-order valence-electron chi connectivity index (χ1n) is 10.4. The van der Waals surface area contributed by atoms with Gasteiger partial charge in [-0.2, -0.15) is 0 Å². The number of nitrogens with zero attached hydrogens (tertiary/aromatic N) is 3. The molecule has 0 saturated carbocycles. The zero-order chi connectivity index (χ0) is 21.4. The first kappa shape index (κ1) is 19.8. The lowest BCUT2D eigenvalue weighted by molar-refractivity contribution is 0.0735. The van der Waals surface area contributed by atoms with Gasteiger partial charge >= 0.3 is 0 Å². The quantitative estimate of drug-likeness (QED) is 0.418. The number of fused-ring (bicyclic) bond motifs is 1. The molecule has 2 aromatic heterocycles. The van der Waals surface area contributed by atoms with Crippen LogP contribution in [0.2, 0.25) is 0 Å². The van der Waals surface area contributed by atoms with Crippen molar-refractivity contribution in [2.24, 2.45) is 0 Å². The summed E-state index contributed by atoms with van der Waals surface area (Å²) in [7, 11) is 0. The minimum atomic E-state index is 0.0408. The van der Waals surface area contributed by atoms with Crippen molar-refractivity contribution in [2.45, 2.75) is 39.3 Å². The number of aryl methyl sites for hydroxylation is 2. The van der Waals surface area contributed by atoms with E-state index < -0.39 is 0 Å². The molecule has 1 aliphatic rings. The number of thiazole rings is 1. The third-order valence-electron chi connectivity index (χ3n) is 5.77. The van der Waals surface area contributed by atoms with Crippen LogP contribution in [0.25, 0.3) is 10.2 Å². The zero-order valence-corrected chi connectivity index (χ0v) is 18.3. The summed E-state index contributed by atoms with van der Waals surface area (Å²) in [4.78, 5) is 20.0. The van der Waals surface area contributed by atoms with Gasteiger partial charge in [-0.25, -0.2) is 4.98 Å². The molecule has 7 heteroatoms. The summed E-state index contributed by atoms with van der Waals surface area (Å²) in [5, 5.41) is 4.97. The molecule has 0 aliphatic carbocycles. The van der Waals surface area contributed by atoms with Crippen LogP contribution in [0.5, 0.6) is 5.75 Å². The van der Waals surface area contributed by atoms with E-state index in [4.69, 9.17) is 14.2 Å². The van der Waals surface area contributed by atoms with Crippen LogP contribution in [0.4, 0.5) is 0 Å². The Morgan fingerprint density at radius 3 is 2.74 bits per heavy atom. The van der Waals surface area contributed by atoms with Crippen molar-refractivity contribution in [1.29, 1.82) is 0 Å². The Hall–Kier alpha value is -3.19. The van der Waals surface area contributed by atoms with Gasteiger partial charge in [-0.15, -0.1) is 11.3 Å². The standard InChI is InChI=1S/C24H23N3O3S/c1-15-19(16(2)30-26-15)14-29-18-11-9-17(10-12-18)24(28)27-13-5-7-21(27)23-25-20-6-3-4-8-22(20)31-23/h3-4,6,8-12,21H,5,7,13-14H2,1-2H3/t21-/m0/s1. The molecule has 1 fully saturated rings. The van der Waals surface area contributed by atoms with E-state index >= 15 is 0 Å². The van der Waals surface area contributed by atoms with Crippen molar-refractivity contribution in [1.82, 2.24) is 15.0 Å². The molecule has 6 nitrogen and oxygen atoms in total. The monoisotopic (exact) mass is 433 g/mol. The number of hydrogen-bond donors (Lipinski definition) is 0. The molecule has 0 spiro atoms. The fourth-order valence-electron chi connectivity index (χ4n) is 4.02. The normalized spacial score (nSPS) is 16.2. The fraction of sp³-hybridized carbons (Fsp3) is 0.292. The molecule has 2 aromatic carbocycles. The summed E-state index contributed by atoms with van der Waals surface area (Å²) in [6, 6.07) is 15.5. The molecule has 1 atom stereocenters. The first-order chi connectivity index (χ1) is 15.1. The van der Waals surface area contributed by atoms with Crippen molar-refractivity contribution in [3.05, 3.63) is 76.1 Å². The van der Waals surface area contributed by atoms with Crippen LogP contribution in [-0.2, 0) is 6.61 Å². The second kappa shape index (κ2) is 8.15. The maximum Gasteiger partial charge on any atom is 0.254 e. The van der Waals surface area contributed by atoms with Crippen molar-refractivity contribution >= 4 is 27.5 Å². The molecule has 0 N–H and O–H groups in total. The van der Waals surface area contributed by atoms with Gasteiger partial charge in [0.1, 0.15) is 23.1 Å². The average molecular weight is 434 g/mol. The summed E-state index contributed by atoms with van der Waals surface area (Å²) in [6.07, 6.45) is 1.94. The lowest BCUT2D eigenvalue weighted by Crippen LogP contribution is -2.30. The zero-order valence-electron chi connectivity index (χ0n) is 17.5. The Labute approximate surface area is 184 Å². The van der Waals surface area contributed by atoms with E-state index in [1.54, 1.807) is 11.3 Å². The molecule has 31 heavy (non-hydrogen) atoms. The molecule has 1 saturated heterocycles. The van der Waals surface area contributed by atoms with E-state index in [1.165, 1.54) is 0 Å². The van der Waals surface area contributed by atoms with Gasteiger partial charge in [0.25, 0.3) is 5.91 Å². The van der Waals surface area contributed by atoms with Gasteiger partial charge in [0.15, 0.2) is 0 Å². The Kier molecular flexibility index (Phi) is 5.19. The van der Waals surface area contributed by atoms with Crippen LogP contribution in [0.3, 0.4) is 0 Å². The second-order valence-corrected chi connectivity index (χ2v) is 8.85. The van der Waals surface area contributed by atoms with Gasteiger partial charge in [-0.1, -0.05) is 17.3 Å². The molecule has 1 amide bonds. The number of para-hydroxylation sites is 1. The van der Waals surface area contributed by atoms with Crippen LogP contribution in [0, 0.1) is 13.8 Å². The molecule has 158 valence electrons. The summed E-state index contributed by atoms with van der Waals surface area (Å²) in [6.45, 7) is 4.91. The smallest absolute Gasteiger partial charge is 0.254 e. The number of carbonyl (C=O) groups is 1. The van der Waals surface area contributed by atoms with Gasteiger partial charge < -0.3 is 14.2 Å². The molecule has 3 heterocycles. The van der Waals surface area contributed by atoms with Crippen LogP contribution in [-0.4, -0.2) is 27.5 Å². The molecule has 0 radical (unpaired) electrons. The summed E-state index contributed by atoms with van der Waals surface area (Å²) < 4.78 is 12.2. The number of amides is 1. The third kappa shape index (κ3) is 3.81. The highest BCUT2D eigenvalue weighted by Gasteiger charge is 2.32. The second-order valence-electron chi connectivity index (χ2n) is 7.79. The molecule has 0 bridgehead atoms. The molecule has 5 rings (SSSR count). The molecular formula is C24H23N3O3S. The maximum absolute atomic E-state index is 13.2. The highest BCUT2D eigenvalue weighted by Crippen LogP contribution is 2.37. The lowest BCUT2D eigenvalue weighted by Gasteiger charge is -2.23. The fourth-order valence-corrected chi connectivity index (χ4v) is 5.14. The molecule has 4 aromatic rings. The van der Waals surface area contributed by atoms with E-state index in [-0.39, 0.29) is 11.9 Å². The van der Waals surface area contributed by atoms with Gasteiger partial charge in [0.05, 0.1) is 27.5 Å². The Morgan fingerprint density at radius 1 is 1.19 bits per heavy atom. The maximum atomic E-state index is 13.2. The molecule has 1 aliphatic heterocycles. The minimum absolute atomic E-state index is 0.0408. The van der Waals surface area contributed by atoms with Crippen molar-refractivity contribution in [2.75, 3.05) is 6.54 Å². The number of likely N-dealkylation sites (tertiary alicyclic amines) is 1. The van der Waals surface area contributed by atoms with Gasteiger partial charge in [-0.3, -0.25) is 4.79 Å². The predicted molar refractivity (Wildman–Crippen MR) is 119 cm³/mol. The SMILES string of the molecule is Cc1noc(C)c1COc1ccc(C(=O)N2CCC[C@H]2c2nc3ccccc3s2)cc1. The summed E-state index contributed by atoms with van der Waals surface area (Å²) >= 11 is 1.68. The van der Waals surface area contributed by atoms with Gasteiger partial charge in [0.2, 0.25) is 0 Å². The number of rotatable bonds is 5. The van der Waals surface area contributed by atoms with Crippen LogP contribution < -0.4 is 4.74 Å². The highest BCUT2D eigenvalue weighted by atomic mass is 32.1. The number of hydrogen-bond acceptors (Lipinski definition) is 6. The van der Waals surface area contributed by atoms with Crippen molar-refractivity contribution in [3.8, 4) is 5.75 Å². The van der Waals surface area contributed by atoms with Crippen LogP contribution >= 0.6 is 11.3 Å². The number of ether oxygens (including phenoxy) is 1. The summed E-state index contributed by atoms with van der Waals surface area (Å²) in [5.41, 5.74) is 3.45. The number of carbonyl (C=O) groups excluding carboxylic acids is 1. The topological polar surface area (TPSA) is 68.5 Å². The molecule has 0 unspecified atom stereocenters. The Morgan fingerprint density at radius 2 is 2.00 bits per heavy atom. The predicted octanol–water partition coefficient (Wildman–Crippen LogP) is 5.46. The first-order valence-corrected chi connectivity index (χ1v) is 11.2. The van der Waals surface area contributed by atoms with Crippen LogP contribution in [0.1, 0.15) is 51.3 Å². The summed E-state index contributed by atoms with van der Waals surface area (Å²) in [5.74, 6) is 1.51. The Balaban J connectivity index is 1.30. The van der Waals surface area contributed by atoms with E-state index in [9.17, 15) is 4.79 Å². The highest BCUT2D eigenvalue weighted by molar-refractivity contribution is 7.18.